The Kier molecular flexibility index (Phi) is 5.81. The number of rotatable bonds is 7. The molecular formula is C17H21NOS. The third-order valence-corrected chi connectivity index (χ3v) is 3.69. The molecule has 0 heterocycles. The van der Waals surface area contributed by atoms with Crippen molar-refractivity contribution in [3.63, 3.8) is 0 Å². The average molecular weight is 287 g/mol. The van der Waals surface area contributed by atoms with Crippen molar-refractivity contribution in [3.8, 4) is 5.75 Å². The molecule has 0 saturated heterocycles. The van der Waals surface area contributed by atoms with E-state index in [0.717, 1.165) is 31.0 Å². The van der Waals surface area contributed by atoms with Gasteiger partial charge in [-0.1, -0.05) is 25.1 Å². The minimum atomic E-state index is 0.777. The molecule has 0 unspecified atom stereocenters. The minimum absolute atomic E-state index is 0.777. The van der Waals surface area contributed by atoms with E-state index in [4.69, 9.17) is 4.74 Å². The number of thioether (sulfide) groups is 1. The van der Waals surface area contributed by atoms with Gasteiger partial charge in [0.25, 0.3) is 0 Å². The fourth-order valence-corrected chi connectivity index (χ4v) is 2.32. The lowest BCUT2D eigenvalue weighted by Gasteiger charge is -2.09. The van der Waals surface area contributed by atoms with E-state index in [1.807, 2.05) is 12.1 Å². The summed E-state index contributed by atoms with van der Waals surface area (Å²) in [4.78, 5) is 1.28. The normalized spacial score (nSPS) is 10.3. The van der Waals surface area contributed by atoms with Gasteiger partial charge in [-0.15, -0.1) is 11.8 Å². The van der Waals surface area contributed by atoms with Gasteiger partial charge < -0.3 is 10.1 Å². The third-order valence-electron chi connectivity index (χ3n) is 2.96. The standard InChI is InChI=1S/C17H21NOS/c1-3-11-19-16-9-7-14(8-10-16)13-18-15-5-4-6-17(12-15)20-2/h4-10,12,18H,3,11,13H2,1-2H3. The van der Waals surface area contributed by atoms with Crippen LogP contribution in [-0.4, -0.2) is 12.9 Å². The molecule has 0 aliphatic heterocycles. The van der Waals surface area contributed by atoms with Crippen LogP contribution in [0.1, 0.15) is 18.9 Å². The Morgan fingerprint density at radius 2 is 1.90 bits per heavy atom. The number of hydrogen-bond donors (Lipinski definition) is 1. The smallest absolute Gasteiger partial charge is 0.119 e. The SMILES string of the molecule is CCCOc1ccc(CNc2cccc(SC)c2)cc1. The predicted octanol–water partition coefficient (Wildman–Crippen LogP) is 4.81. The molecule has 20 heavy (non-hydrogen) atoms. The highest BCUT2D eigenvalue weighted by Crippen LogP contribution is 2.20. The van der Waals surface area contributed by atoms with Gasteiger partial charge in [0.1, 0.15) is 5.75 Å². The quantitative estimate of drug-likeness (QED) is 0.738. The zero-order chi connectivity index (χ0) is 14.2. The summed E-state index contributed by atoms with van der Waals surface area (Å²) in [6, 6.07) is 16.7. The topological polar surface area (TPSA) is 21.3 Å². The molecule has 2 aromatic carbocycles. The Labute approximate surface area is 125 Å². The van der Waals surface area contributed by atoms with Gasteiger partial charge in [0, 0.05) is 17.1 Å². The predicted molar refractivity (Wildman–Crippen MR) is 87.8 cm³/mol. The van der Waals surface area contributed by atoms with E-state index in [0.29, 0.717) is 0 Å². The van der Waals surface area contributed by atoms with Crippen LogP contribution in [0.4, 0.5) is 5.69 Å². The first-order chi connectivity index (χ1) is 9.81. The maximum Gasteiger partial charge on any atom is 0.119 e. The fourth-order valence-electron chi connectivity index (χ4n) is 1.86. The summed E-state index contributed by atoms with van der Waals surface area (Å²) in [6.07, 6.45) is 3.13. The Morgan fingerprint density at radius 3 is 2.60 bits per heavy atom. The molecule has 1 N–H and O–H groups in total. The molecule has 0 atom stereocenters. The number of anilines is 1. The molecule has 0 fully saturated rings. The van der Waals surface area contributed by atoms with Crippen LogP contribution in [0.3, 0.4) is 0 Å². The Morgan fingerprint density at radius 1 is 1.10 bits per heavy atom. The van der Waals surface area contributed by atoms with Crippen LogP contribution >= 0.6 is 11.8 Å². The molecule has 106 valence electrons. The van der Waals surface area contributed by atoms with Crippen LogP contribution in [0.2, 0.25) is 0 Å². The molecule has 0 aliphatic rings. The largest absolute Gasteiger partial charge is 0.494 e. The second kappa shape index (κ2) is 7.85. The van der Waals surface area contributed by atoms with Crippen LogP contribution in [0, 0.1) is 0 Å². The molecular weight excluding hydrogens is 266 g/mol. The lowest BCUT2D eigenvalue weighted by molar-refractivity contribution is 0.317. The second-order valence-electron chi connectivity index (χ2n) is 4.58. The summed E-state index contributed by atoms with van der Waals surface area (Å²) in [7, 11) is 0. The van der Waals surface area contributed by atoms with E-state index in [1.165, 1.54) is 10.5 Å². The molecule has 0 bridgehead atoms. The van der Waals surface area contributed by atoms with Gasteiger partial charge in [0.2, 0.25) is 0 Å². The van der Waals surface area contributed by atoms with Crippen LogP contribution in [0.25, 0.3) is 0 Å². The van der Waals surface area contributed by atoms with E-state index in [1.54, 1.807) is 11.8 Å². The van der Waals surface area contributed by atoms with E-state index in [-0.39, 0.29) is 0 Å². The summed E-state index contributed by atoms with van der Waals surface area (Å²) in [6.45, 7) is 3.71. The van der Waals surface area contributed by atoms with Crippen molar-refractivity contribution in [2.45, 2.75) is 24.8 Å². The highest BCUT2D eigenvalue weighted by molar-refractivity contribution is 7.98. The van der Waals surface area contributed by atoms with Gasteiger partial charge >= 0.3 is 0 Å². The summed E-state index contributed by atoms with van der Waals surface area (Å²) in [5.41, 5.74) is 2.41. The van der Waals surface area contributed by atoms with Crippen LogP contribution in [0.5, 0.6) is 5.75 Å². The average Bonchev–Trinajstić information content (AvgIpc) is 2.52. The van der Waals surface area contributed by atoms with Gasteiger partial charge in [0.15, 0.2) is 0 Å². The van der Waals surface area contributed by atoms with Gasteiger partial charge in [-0.05, 0) is 48.6 Å². The molecule has 2 rings (SSSR count). The maximum atomic E-state index is 5.58. The Hall–Kier alpha value is -1.61. The summed E-state index contributed by atoms with van der Waals surface area (Å²) in [5, 5.41) is 3.44. The molecule has 0 amide bonds. The first-order valence-electron chi connectivity index (χ1n) is 6.91. The maximum absolute atomic E-state index is 5.58. The van der Waals surface area contributed by atoms with E-state index < -0.39 is 0 Å². The Bertz CT molecular complexity index is 525. The van der Waals surface area contributed by atoms with E-state index in [2.05, 4.69) is 54.9 Å². The lowest BCUT2D eigenvalue weighted by Crippen LogP contribution is -2.00. The van der Waals surface area contributed by atoms with Crippen LogP contribution in [-0.2, 0) is 6.54 Å². The zero-order valence-corrected chi connectivity index (χ0v) is 12.9. The van der Waals surface area contributed by atoms with Gasteiger partial charge in [-0.3, -0.25) is 0 Å². The van der Waals surface area contributed by atoms with Crippen molar-refractivity contribution in [1.29, 1.82) is 0 Å². The molecule has 0 aliphatic carbocycles. The van der Waals surface area contributed by atoms with Gasteiger partial charge in [-0.25, -0.2) is 0 Å². The van der Waals surface area contributed by atoms with Crippen molar-refractivity contribution < 1.29 is 4.74 Å². The number of nitrogens with one attached hydrogen (secondary N) is 1. The molecule has 0 aromatic heterocycles. The number of ether oxygens (including phenoxy) is 1. The third kappa shape index (κ3) is 4.49. The molecule has 2 nitrogen and oxygen atoms in total. The van der Waals surface area contributed by atoms with Crippen molar-refractivity contribution in [2.75, 3.05) is 18.2 Å². The highest BCUT2D eigenvalue weighted by atomic mass is 32.2. The zero-order valence-electron chi connectivity index (χ0n) is 12.1. The van der Waals surface area contributed by atoms with Gasteiger partial charge in [-0.2, -0.15) is 0 Å². The van der Waals surface area contributed by atoms with Crippen molar-refractivity contribution in [3.05, 3.63) is 54.1 Å². The summed E-state index contributed by atoms with van der Waals surface area (Å²) < 4.78 is 5.58. The van der Waals surface area contributed by atoms with Crippen LogP contribution < -0.4 is 10.1 Å². The first kappa shape index (κ1) is 14.8. The minimum Gasteiger partial charge on any atom is -0.494 e. The number of hydrogen-bond acceptors (Lipinski definition) is 3. The molecule has 0 radical (unpaired) electrons. The van der Waals surface area contributed by atoms with Gasteiger partial charge in [0.05, 0.1) is 6.61 Å². The Balaban J connectivity index is 1.89. The molecule has 0 spiro atoms. The fraction of sp³-hybridized carbons (Fsp3) is 0.294. The van der Waals surface area contributed by atoms with E-state index in [9.17, 15) is 0 Å². The van der Waals surface area contributed by atoms with E-state index >= 15 is 0 Å². The number of benzene rings is 2. The molecule has 3 heteroatoms. The second-order valence-corrected chi connectivity index (χ2v) is 5.46. The van der Waals surface area contributed by atoms with Crippen molar-refractivity contribution in [1.82, 2.24) is 0 Å². The molecule has 0 saturated carbocycles. The monoisotopic (exact) mass is 287 g/mol. The highest BCUT2D eigenvalue weighted by Gasteiger charge is 1.97. The molecule has 2 aromatic rings. The van der Waals surface area contributed by atoms with Crippen molar-refractivity contribution in [2.24, 2.45) is 0 Å². The summed E-state index contributed by atoms with van der Waals surface area (Å²) >= 11 is 1.76. The first-order valence-corrected chi connectivity index (χ1v) is 8.14. The lowest BCUT2D eigenvalue weighted by atomic mass is 10.2. The van der Waals surface area contributed by atoms with Crippen molar-refractivity contribution >= 4 is 17.4 Å². The van der Waals surface area contributed by atoms with Crippen LogP contribution in [0.15, 0.2) is 53.4 Å². The summed E-state index contributed by atoms with van der Waals surface area (Å²) in [5.74, 6) is 0.944.